The number of aliphatic hydroxyl groups excluding tert-OH is 1. The van der Waals surface area contributed by atoms with Crippen LogP contribution in [0.3, 0.4) is 0 Å². The minimum absolute atomic E-state index is 0.0737. The van der Waals surface area contributed by atoms with Crippen LogP contribution in [0.2, 0.25) is 0 Å². The monoisotopic (exact) mass is 360 g/mol. The van der Waals surface area contributed by atoms with E-state index in [1.165, 1.54) is 83.5 Å². The van der Waals surface area contributed by atoms with Gasteiger partial charge in [-0.05, 0) is 30.8 Å². The van der Waals surface area contributed by atoms with E-state index in [1.54, 1.807) is 0 Å². The minimum atomic E-state index is -0.0737. The van der Waals surface area contributed by atoms with E-state index < -0.39 is 0 Å². The molecule has 0 aliphatic heterocycles. The maximum atomic E-state index is 11.0. The number of hydrogen-bond donors (Lipinski definition) is 1. The zero-order valence-corrected chi connectivity index (χ0v) is 16.7. The predicted molar refractivity (Wildman–Crippen MR) is 106 cm³/mol. The van der Waals surface area contributed by atoms with Gasteiger partial charge in [0.15, 0.2) is 0 Å². The lowest BCUT2D eigenvalue weighted by Gasteiger charge is -2.03. The third-order valence-corrected chi connectivity index (χ3v) is 5.50. The second kappa shape index (κ2) is 20.8. The SMILES string of the molecule is COC(=O)CCCCCCCCCCCCCCCSCCCO. The van der Waals surface area contributed by atoms with E-state index in [-0.39, 0.29) is 5.97 Å². The number of esters is 1. The van der Waals surface area contributed by atoms with E-state index in [0.29, 0.717) is 13.0 Å². The Morgan fingerprint density at radius 2 is 1.12 bits per heavy atom. The van der Waals surface area contributed by atoms with E-state index in [1.807, 2.05) is 11.8 Å². The quantitative estimate of drug-likeness (QED) is 0.236. The number of unbranched alkanes of at least 4 members (excludes halogenated alkanes) is 12. The molecule has 0 unspecified atom stereocenters. The lowest BCUT2D eigenvalue weighted by atomic mass is 10.0. The Labute approximate surface area is 154 Å². The number of hydrogen-bond acceptors (Lipinski definition) is 4. The van der Waals surface area contributed by atoms with Crippen molar-refractivity contribution in [2.75, 3.05) is 25.2 Å². The first-order valence-electron chi connectivity index (χ1n) is 10.1. The van der Waals surface area contributed by atoms with Crippen molar-refractivity contribution in [1.82, 2.24) is 0 Å². The van der Waals surface area contributed by atoms with Gasteiger partial charge in [-0.1, -0.05) is 70.6 Å². The van der Waals surface area contributed by atoms with Crippen LogP contribution in [0.1, 0.15) is 96.3 Å². The molecule has 0 fully saturated rings. The number of carbonyl (C=O) groups excluding carboxylic acids is 1. The highest BCUT2D eigenvalue weighted by molar-refractivity contribution is 7.99. The summed E-state index contributed by atoms with van der Waals surface area (Å²) < 4.78 is 4.64. The molecule has 0 saturated heterocycles. The van der Waals surface area contributed by atoms with Crippen LogP contribution in [0.25, 0.3) is 0 Å². The molecular formula is C20H40O3S. The Bertz CT molecular complexity index is 259. The summed E-state index contributed by atoms with van der Waals surface area (Å²) in [7, 11) is 1.46. The fourth-order valence-electron chi connectivity index (χ4n) is 2.79. The van der Waals surface area contributed by atoms with Crippen molar-refractivity contribution in [3.05, 3.63) is 0 Å². The van der Waals surface area contributed by atoms with Crippen LogP contribution in [-0.2, 0) is 9.53 Å². The molecule has 0 spiro atoms. The second-order valence-corrected chi connectivity index (χ2v) is 7.84. The zero-order chi connectivity index (χ0) is 17.7. The van der Waals surface area contributed by atoms with Gasteiger partial charge < -0.3 is 9.84 Å². The van der Waals surface area contributed by atoms with Crippen LogP contribution in [0.5, 0.6) is 0 Å². The predicted octanol–water partition coefficient (Wildman–Crippen LogP) is 5.74. The van der Waals surface area contributed by atoms with E-state index in [4.69, 9.17) is 5.11 Å². The van der Waals surface area contributed by atoms with Crippen molar-refractivity contribution < 1.29 is 14.6 Å². The van der Waals surface area contributed by atoms with Crippen molar-refractivity contribution >= 4 is 17.7 Å². The molecular weight excluding hydrogens is 320 g/mol. The van der Waals surface area contributed by atoms with Crippen molar-refractivity contribution in [3.8, 4) is 0 Å². The number of methoxy groups -OCH3 is 1. The molecule has 0 aromatic carbocycles. The van der Waals surface area contributed by atoms with Crippen molar-refractivity contribution in [1.29, 1.82) is 0 Å². The van der Waals surface area contributed by atoms with Crippen LogP contribution in [0.15, 0.2) is 0 Å². The molecule has 0 aliphatic carbocycles. The third-order valence-electron chi connectivity index (χ3n) is 4.34. The van der Waals surface area contributed by atoms with Gasteiger partial charge in [-0.2, -0.15) is 11.8 Å². The van der Waals surface area contributed by atoms with Gasteiger partial charge in [-0.15, -0.1) is 0 Å². The topological polar surface area (TPSA) is 46.5 Å². The third kappa shape index (κ3) is 19.8. The fourth-order valence-corrected chi connectivity index (χ4v) is 3.73. The number of aliphatic hydroxyl groups is 1. The highest BCUT2D eigenvalue weighted by Crippen LogP contribution is 2.14. The molecule has 0 amide bonds. The second-order valence-electron chi connectivity index (χ2n) is 6.61. The molecule has 0 heterocycles. The first-order valence-corrected chi connectivity index (χ1v) is 11.2. The summed E-state index contributed by atoms with van der Waals surface area (Å²) in [6.07, 6.45) is 18.6. The van der Waals surface area contributed by atoms with Crippen LogP contribution in [0, 0.1) is 0 Å². The Morgan fingerprint density at radius 3 is 1.58 bits per heavy atom. The summed E-state index contributed by atoms with van der Waals surface area (Å²) in [5.41, 5.74) is 0. The summed E-state index contributed by atoms with van der Waals surface area (Å²) in [4.78, 5) is 11.0. The summed E-state index contributed by atoms with van der Waals surface area (Å²) in [6.45, 7) is 0.336. The summed E-state index contributed by atoms with van der Waals surface area (Å²) >= 11 is 1.98. The molecule has 0 radical (unpaired) electrons. The van der Waals surface area contributed by atoms with Gasteiger partial charge in [-0.25, -0.2) is 0 Å². The van der Waals surface area contributed by atoms with E-state index in [9.17, 15) is 4.79 Å². The van der Waals surface area contributed by atoms with Crippen molar-refractivity contribution in [2.24, 2.45) is 0 Å². The molecule has 4 heteroatoms. The lowest BCUT2D eigenvalue weighted by Crippen LogP contribution is -1.99. The molecule has 24 heavy (non-hydrogen) atoms. The standard InChI is InChI=1S/C20H40O3S/c1-23-20(22)16-13-11-9-7-5-3-2-4-6-8-10-12-14-18-24-19-15-17-21/h21H,2-19H2,1H3. The fraction of sp³-hybridized carbons (Fsp3) is 0.950. The van der Waals surface area contributed by atoms with Gasteiger partial charge in [0.05, 0.1) is 7.11 Å². The lowest BCUT2D eigenvalue weighted by molar-refractivity contribution is -0.140. The first kappa shape index (κ1) is 23.8. The minimum Gasteiger partial charge on any atom is -0.469 e. The van der Waals surface area contributed by atoms with Gasteiger partial charge >= 0.3 is 5.97 Å². The number of ether oxygens (including phenoxy) is 1. The molecule has 1 N–H and O–H groups in total. The smallest absolute Gasteiger partial charge is 0.305 e. The molecule has 144 valence electrons. The maximum Gasteiger partial charge on any atom is 0.305 e. The van der Waals surface area contributed by atoms with Crippen LogP contribution >= 0.6 is 11.8 Å². The summed E-state index contributed by atoms with van der Waals surface area (Å²) in [5, 5.41) is 8.69. The molecule has 0 rings (SSSR count). The van der Waals surface area contributed by atoms with Gasteiger partial charge in [0.25, 0.3) is 0 Å². The number of thioether (sulfide) groups is 1. The van der Waals surface area contributed by atoms with Crippen molar-refractivity contribution in [3.63, 3.8) is 0 Å². The van der Waals surface area contributed by atoms with Crippen LogP contribution < -0.4 is 0 Å². The van der Waals surface area contributed by atoms with Gasteiger partial charge in [0.2, 0.25) is 0 Å². The Morgan fingerprint density at radius 1 is 0.708 bits per heavy atom. The molecule has 0 atom stereocenters. The Balaban J connectivity index is 2.99. The van der Waals surface area contributed by atoms with E-state index >= 15 is 0 Å². The highest BCUT2D eigenvalue weighted by atomic mass is 32.2. The average Bonchev–Trinajstić information content (AvgIpc) is 2.60. The largest absolute Gasteiger partial charge is 0.469 e. The zero-order valence-electron chi connectivity index (χ0n) is 15.9. The van der Waals surface area contributed by atoms with Crippen molar-refractivity contribution in [2.45, 2.75) is 96.3 Å². The Kier molecular flexibility index (Phi) is 20.6. The molecule has 0 aliphatic rings. The van der Waals surface area contributed by atoms with Gasteiger partial charge in [-0.3, -0.25) is 4.79 Å². The molecule has 0 aromatic heterocycles. The molecule has 0 bridgehead atoms. The average molecular weight is 361 g/mol. The summed E-state index contributed by atoms with van der Waals surface area (Å²) in [6, 6.07) is 0. The first-order chi connectivity index (χ1) is 11.8. The van der Waals surface area contributed by atoms with Crippen LogP contribution in [0.4, 0.5) is 0 Å². The summed E-state index contributed by atoms with van der Waals surface area (Å²) in [5.74, 6) is 2.30. The van der Waals surface area contributed by atoms with E-state index in [0.717, 1.165) is 25.0 Å². The van der Waals surface area contributed by atoms with Gasteiger partial charge in [0, 0.05) is 13.0 Å². The maximum absolute atomic E-state index is 11.0. The normalized spacial score (nSPS) is 10.9. The molecule has 0 aromatic rings. The van der Waals surface area contributed by atoms with Gasteiger partial charge in [0.1, 0.15) is 0 Å². The Hall–Kier alpha value is -0.220. The number of carbonyl (C=O) groups is 1. The van der Waals surface area contributed by atoms with E-state index in [2.05, 4.69) is 4.74 Å². The molecule has 3 nitrogen and oxygen atoms in total. The highest BCUT2D eigenvalue weighted by Gasteiger charge is 1.99. The number of rotatable bonds is 19. The van der Waals surface area contributed by atoms with Crippen LogP contribution in [-0.4, -0.2) is 36.3 Å². The molecule has 0 saturated carbocycles.